The van der Waals surface area contributed by atoms with Gasteiger partial charge in [-0.05, 0) is 29.8 Å². The van der Waals surface area contributed by atoms with Crippen molar-refractivity contribution in [2.24, 2.45) is 0 Å². The molecule has 1 aromatic heterocycles. The van der Waals surface area contributed by atoms with Crippen LogP contribution < -0.4 is 19.5 Å². The molecule has 0 spiro atoms. The summed E-state index contributed by atoms with van der Waals surface area (Å²) in [6.45, 7) is 1.06. The number of benzene rings is 2. The van der Waals surface area contributed by atoms with Crippen LogP contribution in [-0.2, 0) is 11.2 Å². The smallest absolute Gasteiger partial charge is 0.228 e. The highest BCUT2D eigenvalue weighted by molar-refractivity contribution is 5.97. The second-order valence-electron chi connectivity index (χ2n) is 5.78. The first-order chi connectivity index (χ1) is 12.2. The van der Waals surface area contributed by atoms with E-state index >= 15 is 0 Å². The van der Waals surface area contributed by atoms with Crippen LogP contribution in [0.5, 0.6) is 17.2 Å². The largest absolute Gasteiger partial charge is 0.496 e. The Bertz CT molecular complexity index is 932. The Morgan fingerprint density at radius 3 is 2.88 bits per heavy atom. The lowest BCUT2D eigenvalue weighted by molar-refractivity contribution is -0.115. The number of H-pyrrole nitrogens is 1. The van der Waals surface area contributed by atoms with Crippen LogP contribution in [0.1, 0.15) is 5.56 Å². The third-order valence-corrected chi connectivity index (χ3v) is 4.15. The Kier molecular flexibility index (Phi) is 3.93. The van der Waals surface area contributed by atoms with E-state index in [9.17, 15) is 4.79 Å². The summed E-state index contributed by atoms with van der Waals surface area (Å²) in [6, 6.07) is 11.2. The average molecular weight is 338 g/mol. The number of fused-ring (bicyclic) bond motifs is 2. The fourth-order valence-corrected chi connectivity index (χ4v) is 3.03. The number of aromatic amines is 1. The highest BCUT2D eigenvalue weighted by Crippen LogP contribution is 2.33. The number of nitrogens with one attached hydrogen (secondary N) is 2. The summed E-state index contributed by atoms with van der Waals surface area (Å²) in [4.78, 5) is 15.6. The van der Waals surface area contributed by atoms with E-state index in [0.29, 0.717) is 30.4 Å². The monoisotopic (exact) mass is 338 g/mol. The minimum absolute atomic E-state index is 0.108. The van der Waals surface area contributed by atoms with Crippen LogP contribution in [0.2, 0.25) is 0 Å². The van der Waals surface area contributed by atoms with Gasteiger partial charge in [-0.25, -0.2) is 0 Å². The van der Waals surface area contributed by atoms with Crippen molar-refractivity contribution in [1.29, 1.82) is 0 Å². The number of carbonyl (C=O) groups is 1. The maximum absolute atomic E-state index is 12.5. The fraction of sp³-hybridized carbons (Fsp3) is 0.211. The molecule has 0 saturated heterocycles. The first kappa shape index (κ1) is 15.4. The number of ether oxygens (including phenoxy) is 3. The number of methoxy groups -OCH3 is 1. The zero-order valence-electron chi connectivity index (χ0n) is 13.8. The van der Waals surface area contributed by atoms with Gasteiger partial charge in [0.2, 0.25) is 5.91 Å². The molecule has 0 aliphatic carbocycles. The van der Waals surface area contributed by atoms with Crippen LogP contribution in [0.3, 0.4) is 0 Å². The molecule has 3 aromatic rings. The van der Waals surface area contributed by atoms with E-state index < -0.39 is 0 Å². The number of amides is 1. The quantitative estimate of drug-likeness (QED) is 0.767. The van der Waals surface area contributed by atoms with Crippen molar-refractivity contribution in [2.45, 2.75) is 6.42 Å². The Hall–Kier alpha value is -3.15. The lowest BCUT2D eigenvalue weighted by Gasteiger charge is -2.19. The van der Waals surface area contributed by atoms with Gasteiger partial charge >= 0.3 is 0 Å². The van der Waals surface area contributed by atoms with Crippen molar-refractivity contribution < 1.29 is 19.0 Å². The highest BCUT2D eigenvalue weighted by atomic mass is 16.6. The van der Waals surface area contributed by atoms with Gasteiger partial charge in [0.25, 0.3) is 0 Å². The topological polar surface area (TPSA) is 72.6 Å². The second-order valence-corrected chi connectivity index (χ2v) is 5.78. The number of carbonyl (C=O) groups excluding carboxylic acids is 1. The zero-order valence-corrected chi connectivity index (χ0v) is 13.8. The molecule has 0 atom stereocenters. The van der Waals surface area contributed by atoms with Crippen molar-refractivity contribution >= 4 is 22.5 Å². The molecule has 6 nitrogen and oxygen atoms in total. The summed E-state index contributed by atoms with van der Waals surface area (Å²) in [5.41, 5.74) is 2.52. The summed E-state index contributed by atoms with van der Waals surface area (Å²) < 4.78 is 16.4. The molecule has 25 heavy (non-hydrogen) atoms. The molecule has 4 rings (SSSR count). The van der Waals surface area contributed by atoms with Gasteiger partial charge in [-0.15, -0.1) is 0 Å². The summed E-state index contributed by atoms with van der Waals surface area (Å²) in [6.07, 6.45) is 2.09. The van der Waals surface area contributed by atoms with Gasteiger partial charge in [0.1, 0.15) is 19.0 Å². The number of rotatable bonds is 4. The zero-order chi connectivity index (χ0) is 17.2. The fourth-order valence-electron chi connectivity index (χ4n) is 3.03. The molecule has 0 fully saturated rings. The Morgan fingerprint density at radius 2 is 2.04 bits per heavy atom. The number of hydrogen-bond acceptors (Lipinski definition) is 4. The van der Waals surface area contributed by atoms with E-state index in [4.69, 9.17) is 14.2 Å². The van der Waals surface area contributed by atoms with Crippen molar-refractivity contribution in [2.75, 3.05) is 25.6 Å². The Balaban J connectivity index is 1.53. The summed E-state index contributed by atoms with van der Waals surface area (Å²) in [5, 5.41) is 3.84. The second kappa shape index (κ2) is 6.39. The minimum atomic E-state index is -0.108. The van der Waals surface area contributed by atoms with Gasteiger partial charge in [-0.3, -0.25) is 4.79 Å². The van der Waals surface area contributed by atoms with Crippen molar-refractivity contribution in [3.8, 4) is 17.2 Å². The standard InChI is InChI=1S/C19H18N2O4/c1-23-16-4-2-3-14-19(16)12(11-20-14)9-18(22)21-13-5-6-15-17(10-13)25-8-7-24-15/h2-6,10-11,20H,7-9H2,1H3,(H,21,22). The van der Waals surface area contributed by atoms with Gasteiger partial charge in [0, 0.05) is 28.9 Å². The third-order valence-electron chi connectivity index (χ3n) is 4.15. The molecule has 1 aliphatic rings. The van der Waals surface area contributed by atoms with Crippen LogP contribution in [0.4, 0.5) is 5.69 Å². The van der Waals surface area contributed by atoms with E-state index in [-0.39, 0.29) is 12.3 Å². The van der Waals surface area contributed by atoms with Gasteiger partial charge in [0.05, 0.1) is 13.5 Å². The van der Waals surface area contributed by atoms with E-state index in [1.807, 2.05) is 24.4 Å². The molecule has 2 N–H and O–H groups in total. The Labute approximate surface area is 144 Å². The lowest BCUT2D eigenvalue weighted by atomic mass is 10.1. The summed E-state index contributed by atoms with van der Waals surface area (Å²) in [7, 11) is 1.63. The predicted octanol–water partition coefficient (Wildman–Crippen LogP) is 3.13. The molecule has 128 valence electrons. The first-order valence-electron chi connectivity index (χ1n) is 8.07. The maximum Gasteiger partial charge on any atom is 0.228 e. The van der Waals surface area contributed by atoms with Crippen LogP contribution in [0, 0.1) is 0 Å². The average Bonchev–Trinajstić information content (AvgIpc) is 3.04. The number of hydrogen-bond donors (Lipinski definition) is 2. The number of aromatic nitrogens is 1. The normalized spacial score (nSPS) is 12.8. The van der Waals surface area contributed by atoms with Crippen LogP contribution >= 0.6 is 0 Å². The highest BCUT2D eigenvalue weighted by Gasteiger charge is 2.15. The van der Waals surface area contributed by atoms with Gasteiger partial charge in [0.15, 0.2) is 11.5 Å². The van der Waals surface area contributed by atoms with Crippen molar-refractivity contribution in [3.05, 3.63) is 48.2 Å². The number of anilines is 1. The van der Waals surface area contributed by atoms with E-state index in [2.05, 4.69) is 10.3 Å². The van der Waals surface area contributed by atoms with Gasteiger partial charge < -0.3 is 24.5 Å². The van der Waals surface area contributed by atoms with Crippen LogP contribution in [-0.4, -0.2) is 31.2 Å². The molecule has 0 saturated carbocycles. The lowest BCUT2D eigenvalue weighted by Crippen LogP contribution is -2.17. The van der Waals surface area contributed by atoms with Crippen LogP contribution in [0.25, 0.3) is 10.9 Å². The molecule has 6 heteroatoms. The first-order valence-corrected chi connectivity index (χ1v) is 8.07. The molecular formula is C19H18N2O4. The van der Waals surface area contributed by atoms with E-state index in [0.717, 1.165) is 22.2 Å². The molecule has 2 heterocycles. The van der Waals surface area contributed by atoms with E-state index in [1.54, 1.807) is 25.3 Å². The third kappa shape index (κ3) is 2.98. The molecular weight excluding hydrogens is 320 g/mol. The molecule has 2 aromatic carbocycles. The van der Waals surface area contributed by atoms with Gasteiger partial charge in [-0.2, -0.15) is 0 Å². The van der Waals surface area contributed by atoms with Crippen molar-refractivity contribution in [3.63, 3.8) is 0 Å². The molecule has 0 radical (unpaired) electrons. The molecule has 0 bridgehead atoms. The van der Waals surface area contributed by atoms with E-state index in [1.165, 1.54) is 0 Å². The molecule has 1 aliphatic heterocycles. The van der Waals surface area contributed by atoms with Crippen LogP contribution in [0.15, 0.2) is 42.6 Å². The Morgan fingerprint density at radius 1 is 1.20 bits per heavy atom. The van der Waals surface area contributed by atoms with Crippen molar-refractivity contribution in [1.82, 2.24) is 4.98 Å². The minimum Gasteiger partial charge on any atom is -0.496 e. The summed E-state index contributed by atoms with van der Waals surface area (Å²) in [5.74, 6) is 1.99. The van der Waals surface area contributed by atoms with Gasteiger partial charge in [-0.1, -0.05) is 6.07 Å². The molecule has 0 unspecified atom stereocenters. The summed E-state index contributed by atoms with van der Waals surface area (Å²) >= 11 is 0. The molecule has 1 amide bonds. The SMILES string of the molecule is COc1cccc2[nH]cc(CC(=O)Nc3ccc4c(c3)OCCO4)c12. The predicted molar refractivity (Wildman–Crippen MR) is 94.6 cm³/mol. The maximum atomic E-state index is 12.5.